The fraction of sp³-hybridized carbons (Fsp3) is 0.500. The summed E-state index contributed by atoms with van der Waals surface area (Å²) in [5.74, 6) is 2.19. The van der Waals surface area contributed by atoms with Crippen molar-refractivity contribution < 1.29 is 9.15 Å². The highest BCUT2D eigenvalue weighted by molar-refractivity contribution is 5.48. The van der Waals surface area contributed by atoms with Crippen LogP contribution in [0.5, 0.6) is 0 Å². The molecule has 1 saturated carbocycles. The molecule has 7 nitrogen and oxygen atoms in total. The summed E-state index contributed by atoms with van der Waals surface area (Å²) in [7, 11) is 1.99. The largest absolute Gasteiger partial charge is 0.419 e. The summed E-state index contributed by atoms with van der Waals surface area (Å²) in [5.41, 5.74) is 1.01. The number of ether oxygens (including phenoxy) is 1. The van der Waals surface area contributed by atoms with Crippen LogP contribution in [0.3, 0.4) is 0 Å². The normalized spacial score (nSPS) is 23.9. The standard InChI is InChI=1S/C18H21N5O2/c1-22-10-8-19-16(22)15-13(4-3-11-24-15)17-20-21-18(25-17)14-5-2-9-23(14)12-6-7-12/h2,5,8-10,12-13,15H,3-4,6-7,11H2,1H3/t13-,15-/m1/s1. The second-order valence-corrected chi connectivity index (χ2v) is 6.91. The van der Waals surface area contributed by atoms with Crippen LogP contribution in [-0.4, -0.2) is 30.9 Å². The molecule has 0 N–H and O–H groups in total. The van der Waals surface area contributed by atoms with Crippen LogP contribution >= 0.6 is 0 Å². The van der Waals surface area contributed by atoms with Crippen LogP contribution in [0.4, 0.5) is 0 Å². The number of nitrogens with zero attached hydrogens (tertiary/aromatic N) is 5. The van der Waals surface area contributed by atoms with Gasteiger partial charge in [-0.1, -0.05) is 0 Å². The minimum absolute atomic E-state index is 0.0421. The molecule has 0 unspecified atom stereocenters. The first kappa shape index (κ1) is 14.9. The third kappa shape index (κ3) is 2.59. The van der Waals surface area contributed by atoms with Gasteiger partial charge in [0.2, 0.25) is 5.89 Å². The average Bonchev–Trinajstić information content (AvgIpc) is 3.04. The molecule has 5 rings (SSSR count). The fourth-order valence-electron chi connectivity index (χ4n) is 3.67. The summed E-state index contributed by atoms with van der Waals surface area (Å²) in [4.78, 5) is 4.46. The van der Waals surface area contributed by atoms with E-state index < -0.39 is 0 Å². The van der Waals surface area contributed by atoms with Gasteiger partial charge in [0.1, 0.15) is 17.6 Å². The highest BCUT2D eigenvalue weighted by Gasteiger charge is 2.36. The summed E-state index contributed by atoms with van der Waals surface area (Å²) in [6.45, 7) is 0.736. The van der Waals surface area contributed by atoms with E-state index in [0.29, 0.717) is 17.8 Å². The Morgan fingerprint density at radius 3 is 2.88 bits per heavy atom. The first-order chi connectivity index (χ1) is 12.3. The molecular formula is C18H21N5O2. The molecule has 0 spiro atoms. The van der Waals surface area contributed by atoms with E-state index in [1.807, 2.05) is 29.9 Å². The number of aromatic nitrogens is 5. The van der Waals surface area contributed by atoms with Crippen LogP contribution in [0.2, 0.25) is 0 Å². The molecule has 3 aromatic heterocycles. The topological polar surface area (TPSA) is 70.9 Å². The lowest BCUT2D eigenvalue weighted by atomic mass is 9.93. The molecule has 1 aliphatic heterocycles. The van der Waals surface area contributed by atoms with Gasteiger partial charge in [0.05, 0.1) is 5.92 Å². The van der Waals surface area contributed by atoms with Gasteiger partial charge in [0.15, 0.2) is 0 Å². The Balaban J connectivity index is 1.47. The van der Waals surface area contributed by atoms with Gasteiger partial charge in [0.25, 0.3) is 5.89 Å². The van der Waals surface area contributed by atoms with Crippen LogP contribution < -0.4 is 0 Å². The lowest BCUT2D eigenvalue weighted by Crippen LogP contribution is -2.23. The molecule has 0 radical (unpaired) electrons. The van der Waals surface area contributed by atoms with E-state index in [9.17, 15) is 0 Å². The number of hydrogen-bond donors (Lipinski definition) is 0. The van der Waals surface area contributed by atoms with E-state index in [-0.39, 0.29) is 12.0 Å². The molecule has 2 aliphatic rings. The number of rotatable bonds is 4. The number of aryl methyl sites for hydroxylation is 1. The van der Waals surface area contributed by atoms with E-state index in [1.54, 1.807) is 6.20 Å². The van der Waals surface area contributed by atoms with E-state index in [2.05, 4.69) is 25.9 Å². The third-order valence-electron chi connectivity index (χ3n) is 5.13. The lowest BCUT2D eigenvalue weighted by molar-refractivity contribution is -0.0156. The Kier molecular flexibility index (Phi) is 3.48. The van der Waals surface area contributed by atoms with Crippen molar-refractivity contribution in [3.05, 3.63) is 42.4 Å². The molecule has 130 valence electrons. The van der Waals surface area contributed by atoms with Crippen molar-refractivity contribution in [2.24, 2.45) is 7.05 Å². The van der Waals surface area contributed by atoms with Crippen molar-refractivity contribution in [1.29, 1.82) is 0 Å². The second-order valence-electron chi connectivity index (χ2n) is 6.91. The molecule has 25 heavy (non-hydrogen) atoms. The quantitative estimate of drug-likeness (QED) is 0.730. The SMILES string of the molecule is Cn1ccnc1[C@@H]1OCCC[C@H]1c1nnc(-c2cccn2C2CC2)o1. The maximum atomic E-state index is 6.09. The monoisotopic (exact) mass is 339 g/mol. The predicted molar refractivity (Wildman–Crippen MR) is 89.9 cm³/mol. The minimum Gasteiger partial charge on any atom is -0.419 e. The zero-order valence-electron chi connectivity index (χ0n) is 14.2. The maximum absolute atomic E-state index is 6.09. The van der Waals surface area contributed by atoms with Crippen LogP contribution in [0.15, 0.2) is 35.1 Å². The van der Waals surface area contributed by atoms with E-state index in [1.165, 1.54) is 12.8 Å². The summed E-state index contributed by atoms with van der Waals surface area (Å²) < 4.78 is 16.4. The Morgan fingerprint density at radius 1 is 1.16 bits per heavy atom. The van der Waals surface area contributed by atoms with Crippen LogP contribution in [0, 0.1) is 0 Å². The molecule has 7 heteroatoms. The smallest absolute Gasteiger partial charge is 0.264 e. The van der Waals surface area contributed by atoms with Gasteiger partial charge in [-0.15, -0.1) is 10.2 Å². The molecule has 1 aliphatic carbocycles. The van der Waals surface area contributed by atoms with Crippen molar-refractivity contribution in [3.63, 3.8) is 0 Å². The van der Waals surface area contributed by atoms with Crippen molar-refractivity contribution >= 4 is 0 Å². The Bertz CT molecular complexity index is 876. The zero-order chi connectivity index (χ0) is 16.8. The maximum Gasteiger partial charge on any atom is 0.264 e. The lowest BCUT2D eigenvalue weighted by Gasteiger charge is -2.28. The highest BCUT2D eigenvalue weighted by Crippen LogP contribution is 2.41. The van der Waals surface area contributed by atoms with Crippen LogP contribution in [0.1, 0.15) is 55.5 Å². The molecule has 1 saturated heterocycles. The summed E-state index contributed by atoms with van der Waals surface area (Å²) >= 11 is 0. The van der Waals surface area contributed by atoms with Crippen LogP contribution in [0.25, 0.3) is 11.6 Å². The van der Waals surface area contributed by atoms with Gasteiger partial charge in [0, 0.05) is 38.3 Å². The van der Waals surface area contributed by atoms with Gasteiger partial charge in [-0.2, -0.15) is 0 Å². The zero-order valence-corrected chi connectivity index (χ0v) is 14.2. The van der Waals surface area contributed by atoms with Gasteiger partial charge in [-0.3, -0.25) is 0 Å². The van der Waals surface area contributed by atoms with E-state index in [4.69, 9.17) is 9.15 Å². The van der Waals surface area contributed by atoms with E-state index >= 15 is 0 Å². The predicted octanol–water partition coefficient (Wildman–Crippen LogP) is 3.24. The summed E-state index contributed by atoms with van der Waals surface area (Å²) in [6.07, 6.45) is 10.1. The summed E-state index contributed by atoms with van der Waals surface area (Å²) in [5, 5.41) is 8.68. The van der Waals surface area contributed by atoms with Crippen molar-refractivity contribution in [3.8, 4) is 11.6 Å². The van der Waals surface area contributed by atoms with Crippen molar-refractivity contribution in [2.75, 3.05) is 6.61 Å². The molecule has 3 aromatic rings. The summed E-state index contributed by atoms with van der Waals surface area (Å²) in [6, 6.07) is 4.67. The first-order valence-electron chi connectivity index (χ1n) is 8.90. The number of hydrogen-bond acceptors (Lipinski definition) is 5. The van der Waals surface area contributed by atoms with Crippen molar-refractivity contribution in [1.82, 2.24) is 24.3 Å². The van der Waals surface area contributed by atoms with Crippen molar-refractivity contribution in [2.45, 2.75) is 43.7 Å². The van der Waals surface area contributed by atoms with E-state index in [0.717, 1.165) is 31.0 Å². The molecule has 0 bridgehead atoms. The fourth-order valence-corrected chi connectivity index (χ4v) is 3.67. The molecule has 0 amide bonds. The third-order valence-corrected chi connectivity index (χ3v) is 5.13. The van der Waals surface area contributed by atoms with Gasteiger partial charge in [-0.25, -0.2) is 4.98 Å². The molecule has 4 heterocycles. The molecule has 0 aromatic carbocycles. The Morgan fingerprint density at radius 2 is 2.08 bits per heavy atom. The Labute approximate surface area is 145 Å². The molecule has 2 atom stereocenters. The van der Waals surface area contributed by atoms with Crippen LogP contribution in [-0.2, 0) is 11.8 Å². The number of imidazole rings is 1. The molecule has 2 fully saturated rings. The molecular weight excluding hydrogens is 318 g/mol. The second kappa shape index (κ2) is 5.84. The Hall–Kier alpha value is -2.41. The highest BCUT2D eigenvalue weighted by atomic mass is 16.5. The minimum atomic E-state index is -0.141. The van der Waals surface area contributed by atoms with Gasteiger partial charge < -0.3 is 18.3 Å². The average molecular weight is 339 g/mol. The van der Waals surface area contributed by atoms with Gasteiger partial charge >= 0.3 is 0 Å². The first-order valence-corrected chi connectivity index (χ1v) is 8.90. The van der Waals surface area contributed by atoms with Gasteiger partial charge in [-0.05, 0) is 37.8 Å².